The lowest BCUT2D eigenvalue weighted by Gasteiger charge is -2.40. The number of hydrogen-bond acceptors (Lipinski definition) is 3. The van der Waals surface area contributed by atoms with Crippen LogP contribution in [0.5, 0.6) is 0 Å². The summed E-state index contributed by atoms with van der Waals surface area (Å²) in [5.74, 6) is 0. The highest BCUT2D eigenvalue weighted by atomic mass is 16.5. The van der Waals surface area contributed by atoms with Crippen LogP contribution in [0.15, 0.2) is 12.5 Å². The number of ether oxygens (including phenoxy) is 1. The zero-order valence-corrected chi connectivity index (χ0v) is 10.9. The van der Waals surface area contributed by atoms with E-state index in [-0.39, 0.29) is 5.60 Å². The molecule has 96 valence electrons. The van der Waals surface area contributed by atoms with Crippen molar-refractivity contribution < 1.29 is 4.74 Å². The lowest BCUT2D eigenvalue weighted by Crippen LogP contribution is -2.47. The van der Waals surface area contributed by atoms with Gasteiger partial charge in [0.15, 0.2) is 0 Å². The summed E-state index contributed by atoms with van der Waals surface area (Å²) >= 11 is 0. The summed E-state index contributed by atoms with van der Waals surface area (Å²) in [6.45, 7) is 5.06. The third-order valence-electron chi connectivity index (χ3n) is 3.71. The minimum absolute atomic E-state index is 0.107. The summed E-state index contributed by atoms with van der Waals surface area (Å²) in [5.41, 5.74) is 1.37. The molecule has 0 aromatic carbocycles. The topological polar surface area (TPSA) is 39.1 Å². The van der Waals surface area contributed by atoms with Gasteiger partial charge in [-0.2, -0.15) is 0 Å². The maximum absolute atomic E-state index is 5.59. The summed E-state index contributed by atoms with van der Waals surface area (Å²) in [6, 6.07) is 0. The highest BCUT2D eigenvalue weighted by Crippen LogP contribution is 2.34. The van der Waals surface area contributed by atoms with Crippen LogP contribution < -0.4 is 5.32 Å². The summed E-state index contributed by atoms with van der Waals surface area (Å²) in [5, 5.41) is 3.49. The molecule has 0 unspecified atom stereocenters. The first-order valence-corrected chi connectivity index (χ1v) is 6.54. The van der Waals surface area contributed by atoms with Crippen LogP contribution in [0, 0.1) is 0 Å². The van der Waals surface area contributed by atoms with E-state index < -0.39 is 0 Å². The van der Waals surface area contributed by atoms with Crippen molar-refractivity contribution in [1.29, 1.82) is 0 Å². The molecule has 0 radical (unpaired) electrons. The fraction of sp³-hybridized carbons (Fsp3) is 0.769. The van der Waals surface area contributed by atoms with Crippen LogP contribution >= 0.6 is 0 Å². The highest BCUT2D eigenvalue weighted by Gasteiger charge is 2.36. The molecule has 1 N–H and O–H groups in total. The number of aryl methyl sites for hydroxylation is 1. The van der Waals surface area contributed by atoms with E-state index in [0.717, 1.165) is 26.1 Å². The second-order valence-electron chi connectivity index (χ2n) is 4.92. The molecule has 1 fully saturated rings. The van der Waals surface area contributed by atoms with Crippen LogP contribution in [0.25, 0.3) is 0 Å². The minimum Gasteiger partial charge on any atom is -0.377 e. The van der Waals surface area contributed by atoms with Gasteiger partial charge < -0.3 is 14.6 Å². The standard InChI is InChI=1S/C13H23N3O/c1-3-7-16-11-15-9-12(16)8-14-10-13(17-2)5-4-6-13/h9,11,14H,3-8,10H2,1-2H3. The Labute approximate surface area is 103 Å². The van der Waals surface area contributed by atoms with Gasteiger partial charge in [0.2, 0.25) is 0 Å². The number of rotatable bonds is 7. The first kappa shape index (κ1) is 12.6. The van der Waals surface area contributed by atoms with Crippen LogP contribution in [0.4, 0.5) is 0 Å². The summed E-state index contributed by atoms with van der Waals surface area (Å²) in [7, 11) is 1.82. The van der Waals surface area contributed by atoms with Crippen LogP contribution in [-0.4, -0.2) is 28.8 Å². The number of nitrogens with zero attached hydrogens (tertiary/aromatic N) is 2. The van der Waals surface area contributed by atoms with Crippen LogP contribution in [-0.2, 0) is 17.8 Å². The maximum Gasteiger partial charge on any atom is 0.0948 e. The molecule has 0 atom stereocenters. The fourth-order valence-corrected chi connectivity index (χ4v) is 2.38. The Bertz CT molecular complexity index is 339. The molecule has 0 amide bonds. The van der Waals surface area contributed by atoms with E-state index in [0.29, 0.717) is 0 Å². The molecule has 1 saturated carbocycles. The van der Waals surface area contributed by atoms with Crippen molar-refractivity contribution in [3.8, 4) is 0 Å². The number of aromatic nitrogens is 2. The van der Waals surface area contributed by atoms with Gasteiger partial charge in [-0.05, 0) is 25.7 Å². The second-order valence-corrected chi connectivity index (χ2v) is 4.92. The highest BCUT2D eigenvalue weighted by molar-refractivity contribution is 4.99. The SMILES string of the molecule is CCCn1cncc1CNCC1(OC)CCC1. The van der Waals surface area contributed by atoms with E-state index >= 15 is 0 Å². The van der Waals surface area contributed by atoms with Gasteiger partial charge in [-0.1, -0.05) is 6.92 Å². The normalized spacial score (nSPS) is 18.0. The van der Waals surface area contributed by atoms with Crippen molar-refractivity contribution in [2.75, 3.05) is 13.7 Å². The number of nitrogens with one attached hydrogen (secondary N) is 1. The van der Waals surface area contributed by atoms with Crippen molar-refractivity contribution in [2.45, 2.75) is 51.3 Å². The first-order valence-electron chi connectivity index (χ1n) is 6.54. The molecule has 0 aliphatic heterocycles. The molecule has 4 nitrogen and oxygen atoms in total. The van der Waals surface area contributed by atoms with E-state index in [2.05, 4.69) is 21.8 Å². The average Bonchev–Trinajstić information content (AvgIpc) is 2.71. The monoisotopic (exact) mass is 237 g/mol. The third kappa shape index (κ3) is 2.87. The molecule has 0 bridgehead atoms. The van der Waals surface area contributed by atoms with Gasteiger partial charge in [0, 0.05) is 32.9 Å². The van der Waals surface area contributed by atoms with E-state index in [1.807, 2.05) is 19.6 Å². The lowest BCUT2D eigenvalue weighted by atomic mass is 9.80. The number of methoxy groups -OCH3 is 1. The van der Waals surface area contributed by atoms with Crippen molar-refractivity contribution in [2.24, 2.45) is 0 Å². The first-order chi connectivity index (χ1) is 8.29. The van der Waals surface area contributed by atoms with Gasteiger partial charge in [-0.3, -0.25) is 0 Å². The Kier molecular flexibility index (Phi) is 4.18. The van der Waals surface area contributed by atoms with Gasteiger partial charge in [0.25, 0.3) is 0 Å². The quantitative estimate of drug-likeness (QED) is 0.788. The molecule has 1 heterocycles. The molecule has 0 saturated heterocycles. The van der Waals surface area contributed by atoms with Gasteiger partial charge in [-0.15, -0.1) is 0 Å². The number of imidazole rings is 1. The maximum atomic E-state index is 5.59. The Morgan fingerprint density at radius 2 is 2.35 bits per heavy atom. The zero-order chi connectivity index (χ0) is 12.1. The van der Waals surface area contributed by atoms with Gasteiger partial charge >= 0.3 is 0 Å². The van der Waals surface area contributed by atoms with Crippen molar-refractivity contribution >= 4 is 0 Å². The average molecular weight is 237 g/mol. The third-order valence-corrected chi connectivity index (χ3v) is 3.71. The Hall–Kier alpha value is -0.870. The summed E-state index contributed by atoms with van der Waals surface area (Å²) in [4.78, 5) is 4.20. The molecule has 1 aromatic heterocycles. The Balaban J connectivity index is 1.79. The predicted molar refractivity (Wildman–Crippen MR) is 67.8 cm³/mol. The smallest absolute Gasteiger partial charge is 0.0948 e. The van der Waals surface area contributed by atoms with Gasteiger partial charge in [0.1, 0.15) is 0 Å². The van der Waals surface area contributed by atoms with Crippen molar-refractivity contribution in [3.63, 3.8) is 0 Å². The van der Waals surface area contributed by atoms with E-state index in [9.17, 15) is 0 Å². The summed E-state index contributed by atoms with van der Waals surface area (Å²) in [6.07, 6.45) is 8.67. The largest absolute Gasteiger partial charge is 0.377 e. The molecule has 4 heteroatoms. The zero-order valence-electron chi connectivity index (χ0n) is 10.9. The van der Waals surface area contributed by atoms with Gasteiger partial charge in [0.05, 0.1) is 17.6 Å². The molecule has 1 aliphatic carbocycles. The van der Waals surface area contributed by atoms with E-state index in [4.69, 9.17) is 4.74 Å². The molecule has 1 aromatic rings. The molecule has 2 rings (SSSR count). The lowest BCUT2D eigenvalue weighted by molar-refractivity contribution is -0.0696. The van der Waals surface area contributed by atoms with Crippen molar-refractivity contribution in [1.82, 2.24) is 14.9 Å². The van der Waals surface area contributed by atoms with Crippen molar-refractivity contribution in [3.05, 3.63) is 18.2 Å². The van der Waals surface area contributed by atoms with Gasteiger partial charge in [-0.25, -0.2) is 4.98 Å². The Morgan fingerprint density at radius 3 is 2.94 bits per heavy atom. The van der Waals surface area contributed by atoms with E-state index in [1.54, 1.807) is 0 Å². The predicted octanol–water partition coefficient (Wildman–Crippen LogP) is 1.95. The van der Waals surface area contributed by atoms with Crippen LogP contribution in [0.3, 0.4) is 0 Å². The second kappa shape index (κ2) is 5.65. The number of hydrogen-bond donors (Lipinski definition) is 1. The fourth-order valence-electron chi connectivity index (χ4n) is 2.38. The Morgan fingerprint density at radius 1 is 1.53 bits per heavy atom. The molecule has 0 spiro atoms. The van der Waals surface area contributed by atoms with Crippen LogP contribution in [0.1, 0.15) is 38.3 Å². The van der Waals surface area contributed by atoms with E-state index in [1.165, 1.54) is 25.0 Å². The molecular weight excluding hydrogens is 214 g/mol. The molecule has 1 aliphatic rings. The molecular formula is C13H23N3O. The van der Waals surface area contributed by atoms with Crippen LogP contribution in [0.2, 0.25) is 0 Å². The minimum atomic E-state index is 0.107. The molecule has 17 heavy (non-hydrogen) atoms. The summed E-state index contributed by atoms with van der Waals surface area (Å²) < 4.78 is 7.80.